The van der Waals surface area contributed by atoms with Gasteiger partial charge < -0.3 is 43.7 Å². The number of carbonyl (C=O) groups excluding carboxylic acids is 3. The highest BCUT2D eigenvalue weighted by atomic mass is 16.7. The summed E-state index contributed by atoms with van der Waals surface area (Å²) >= 11 is 0. The molecule has 2 saturated heterocycles. The van der Waals surface area contributed by atoms with Crippen molar-refractivity contribution in [2.45, 2.75) is 156 Å². The number of hydrogen-bond donors (Lipinski definition) is 2. The van der Waals surface area contributed by atoms with Gasteiger partial charge in [0, 0.05) is 62.0 Å². The van der Waals surface area contributed by atoms with Gasteiger partial charge in [0.15, 0.2) is 17.7 Å². The van der Waals surface area contributed by atoms with E-state index in [9.17, 15) is 19.2 Å². The number of esters is 1. The number of hydrogen-bond acceptors (Lipinski definition) is 10. The Morgan fingerprint density at radius 1 is 0.667 bits per heavy atom. The van der Waals surface area contributed by atoms with Gasteiger partial charge in [-0.3, -0.25) is 9.59 Å². The van der Waals surface area contributed by atoms with Crippen LogP contribution in [0.3, 0.4) is 0 Å². The van der Waals surface area contributed by atoms with E-state index in [4.69, 9.17) is 33.9 Å². The Labute approximate surface area is 339 Å². The summed E-state index contributed by atoms with van der Waals surface area (Å²) in [6.07, 6.45) is 13.3. The third-order valence-corrected chi connectivity index (χ3v) is 9.07. The Morgan fingerprint density at radius 3 is 1.42 bits per heavy atom. The summed E-state index contributed by atoms with van der Waals surface area (Å²) in [5, 5.41) is 17.4. The maximum atomic E-state index is 12.2. The van der Waals surface area contributed by atoms with E-state index >= 15 is 0 Å². The normalized spacial score (nSPS) is 19.1. The number of aliphatic carboxylic acids is 1. The van der Waals surface area contributed by atoms with Gasteiger partial charge in [0.25, 0.3) is 11.8 Å². The number of amides is 2. The monoisotopic (exact) mass is 796 g/mol. The van der Waals surface area contributed by atoms with Crippen molar-refractivity contribution in [2.24, 2.45) is 0 Å². The first-order valence-corrected chi connectivity index (χ1v) is 19.9. The van der Waals surface area contributed by atoms with Gasteiger partial charge in [-0.1, -0.05) is 30.2 Å². The Kier molecular flexibility index (Phi) is 20.5. The SMILES string of the molecule is CC(C)N(C(=O)C#C[C@@H](C)O)C(C)C.CC(C)N(C(=O)C#C[C@@H](C)OC(=O)/C=C/C1=CCCC2(C1)OCCO2)C(C)C.O=C(O)/C=C/C1=CCCC2(C1)OCCO2. The molecule has 2 atom stereocenters. The van der Waals surface area contributed by atoms with Gasteiger partial charge >= 0.3 is 11.9 Å². The van der Waals surface area contributed by atoms with Gasteiger partial charge in [0.2, 0.25) is 0 Å². The van der Waals surface area contributed by atoms with Crippen molar-refractivity contribution < 1.29 is 53.1 Å². The third-order valence-electron chi connectivity index (χ3n) is 9.07. The molecule has 316 valence electrons. The van der Waals surface area contributed by atoms with E-state index in [-0.39, 0.29) is 36.0 Å². The fraction of sp³-hybridized carbons (Fsp3) is 0.636. The van der Waals surface area contributed by atoms with Crippen molar-refractivity contribution in [3.63, 3.8) is 0 Å². The van der Waals surface area contributed by atoms with Gasteiger partial charge in [0.05, 0.1) is 26.4 Å². The largest absolute Gasteiger partial charge is 0.478 e. The van der Waals surface area contributed by atoms with Crippen molar-refractivity contribution in [3.05, 3.63) is 47.6 Å². The standard InChI is InChI=1S/C22H31NO5.C11H19NO2.C11H14O4/c1-16(2)23(17(3)4)20(24)10-8-18(5)28-21(25)11-9-19-7-6-12-22(15-19)26-13-14-27-22;1-8(2)12(9(3)4)11(14)7-6-10(5)13;12-10(13)4-3-9-2-1-5-11(8-9)14-6-7-15-11/h7,9,11,16-18H,6,12-15H2,1-5H3;8-10,13H,1-5H3;2-4H,1,5-8H2,(H,12,13)/b11-9+;;4-3+/t18-;10-;/m11./s1. The molecule has 0 unspecified atom stereocenters. The van der Waals surface area contributed by atoms with Crippen LogP contribution in [0.25, 0.3) is 0 Å². The number of carboxylic acid groups (broad SMARTS) is 1. The molecule has 2 fully saturated rings. The predicted molar refractivity (Wildman–Crippen MR) is 216 cm³/mol. The van der Waals surface area contributed by atoms with Crippen LogP contribution >= 0.6 is 0 Å². The number of carboxylic acids is 1. The fourth-order valence-electron chi connectivity index (χ4n) is 6.82. The Balaban J connectivity index is 0.000000325. The minimum Gasteiger partial charge on any atom is -0.478 e. The van der Waals surface area contributed by atoms with Crippen LogP contribution < -0.4 is 0 Å². The van der Waals surface area contributed by atoms with Crippen molar-refractivity contribution in [1.82, 2.24) is 9.80 Å². The average molecular weight is 797 g/mol. The molecule has 13 nitrogen and oxygen atoms in total. The molecule has 0 bridgehead atoms. The highest BCUT2D eigenvalue weighted by molar-refractivity contribution is 5.94. The quantitative estimate of drug-likeness (QED) is 0.173. The van der Waals surface area contributed by atoms with Crippen molar-refractivity contribution >= 4 is 23.8 Å². The molecule has 13 heteroatoms. The smallest absolute Gasteiger partial charge is 0.331 e. The highest BCUT2D eigenvalue weighted by Crippen LogP contribution is 2.37. The van der Waals surface area contributed by atoms with Crippen LogP contribution in [0.4, 0.5) is 0 Å². The van der Waals surface area contributed by atoms with Gasteiger partial charge in [-0.15, -0.1) is 0 Å². The molecular weight excluding hydrogens is 732 g/mol. The molecule has 0 aromatic carbocycles. The lowest BCUT2D eigenvalue weighted by Gasteiger charge is -2.30. The first-order chi connectivity index (χ1) is 26.8. The van der Waals surface area contributed by atoms with E-state index in [2.05, 4.69) is 29.8 Å². The Morgan fingerprint density at radius 2 is 1.05 bits per heavy atom. The van der Waals surface area contributed by atoms with E-state index in [0.29, 0.717) is 39.3 Å². The molecule has 2 aliphatic carbocycles. The summed E-state index contributed by atoms with van der Waals surface area (Å²) in [6, 6.07) is 0.376. The third kappa shape index (κ3) is 17.4. The van der Waals surface area contributed by atoms with Crippen molar-refractivity contribution in [3.8, 4) is 23.7 Å². The molecule has 0 aromatic heterocycles. The number of allylic oxidation sites excluding steroid dienone is 4. The van der Waals surface area contributed by atoms with Crippen molar-refractivity contribution in [2.75, 3.05) is 26.4 Å². The maximum Gasteiger partial charge on any atom is 0.331 e. The molecular formula is C44H64N2O11. The number of rotatable bonds is 9. The molecule has 2 N–H and O–H groups in total. The zero-order chi connectivity index (χ0) is 42.8. The Bertz CT molecular complexity index is 1590. The van der Waals surface area contributed by atoms with E-state index in [1.54, 1.807) is 28.9 Å². The van der Waals surface area contributed by atoms with Gasteiger partial charge in [-0.25, -0.2) is 9.59 Å². The molecule has 0 aromatic rings. The van der Waals surface area contributed by atoms with Crippen molar-refractivity contribution in [1.29, 1.82) is 0 Å². The number of ether oxygens (including phenoxy) is 5. The number of aliphatic hydroxyl groups is 1. The first kappa shape index (κ1) is 48.9. The maximum absolute atomic E-state index is 12.2. The van der Waals surface area contributed by atoms with E-state index < -0.39 is 35.7 Å². The van der Waals surface area contributed by atoms with Gasteiger partial charge in [-0.05, 0) is 111 Å². The number of aliphatic hydroxyl groups excluding tert-OH is 1. The van der Waals surface area contributed by atoms with Crippen LogP contribution in [-0.4, -0.2) is 118 Å². The molecule has 4 rings (SSSR count). The van der Waals surface area contributed by atoms with Crippen LogP contribution in [0.5, 0.6) is 0 Å². The lowest BCUT2D eigenvalue weighted by atomic mass is 9.93. The minimum atomic E-state index is -0.927. The zero-order valence-electron chi connectivity index (χ0n) is 35.5. The summed E-state index contributed by atoms with van der Waals surface area (Å²) in [5.74, 6) is 7.25. The molecule has 2 spiro atoms. The molecule has 2 heterocycles. The topological polar surface area (TPSA) is 161 Å². The molecule has 2 amide bonds. The second kappa shape index (κ2) is 23.9. The van der Waals surface area contributed by atoms with E-state index in [1.165, 1.54) is 13.0 Å². The second-order valence-electron chi connectivity index (χ2n) is 15.3. The van der Waals surface area contributed by atoms with Gasteiger partial charge in [0.1, 0.15) is 6.10 Å². The Hall–Kier alpha value is -4.24. The second-order valence-corrected chi connectivity index (χ2v) is 15.3. The van der Waals surface area contributed by atoms with E-state index in [1.807, 2.05) is 61.5 Å². The van der Waals surface area contributed by atoms with Gasteiger partial charge in [-0.2, -0.15) is 0 Å². The first-order valence-electron chi connectivity index (χ1n) is 19.9. The number of carbonyl (C=O) groups is 4. The number of nitrogens with zero attached hydrogens (tertiary/aromatic N) is 2. The minimum absolute atomic E-state index is 0.0578. The van der Waals surface area contributed by atoms with Crippen LogP contribution in [0.15, 0.2) is 47.6 Å². The van der Waals surface area contributed by atoms with E-state index in [0.717, 1.165) is 42.9 Å². The molecule has 4 aliphatic rings. The highest BCUT2D eigenvalue weighted by Gasteiger charge is 2.39. The molecule has 0 saturated carbocycles. The summed E-state index contributed by atoms with van der Waals surface area (Å²) < 4.78 is 27.8. The average Bonchev–Trinajstić information content (AvgIpc) is 3.77. The summed E-state index contributed by atoms with van der Waals surface area (Å²) in [7, 11) is 0. The van der Waals surface area contributed by atoms with Crippen LogP contribution in [0.2, 0.25) is 0 Å². The van der Waals surface area contributed by atoms with Crippen LogP contribution in [0, 0.1) is 23.7 Å². The fourth-order valence-corrected chi connectivity index (χ4v) is 6.82. The predicted octanol–water partition coefficient (Wildman–Crippen LogP) is 5.47. The lowest BCUT2D eigenvalue weighted by molar-refractivity contribution is -0.162. The van der Waals surface area contributed by atoms with Crippen LogP contribution in [-0.2, 0) is 42.9 Å². The molecule has 0 radical (unpaired) electrons. The zero-order valence-corrected chi connectivity index (χ0v) is 35.5. The summed E-state index contributed by atoms with van der Waals surface area (Å²) in [5.41, 5.74) is 1.97. The molecule has 57 heavy (non-hydrogen) atoms. The molecule has 2 aliphatic heterocycles. The summed E-state index contributed by atoms with van der Waals surface area (Å²) in [6.45, 7) is 21.2. The lowest BCUT2D eigenvalue weighted by Crippen LogP contribution is -2.41. The van der Waals surface area contributed by atoms with Crippen LogP contribution in [0.1, 0.15) is 108 Å². The summed E-state index contributed by atoms with van der Waals surface area (Å²) in [4.78, 5) is 49.6.